The van der Waals surface area contributed by atoms with E-state index in [0.29, 0.717) is 31.6 Å². The molecule has 1 amide bonds. The summed E-state index contributed by atoms with van der Waals surface area (Å²) in [5, 5.41) is 0. The van der Waals surface area contributed by atoms with E-state index < -0.39 is 19.9 Å². The molecule has 1 saturated heterocycles. The second-order valence-corrected chi connectivity index (χ2v) is 11.6. The van der Waals surface area contributed by atoms with Crippen molar-refractivity contribution >= 4 is 31.5 Å². The van der Waals surface area contributed by atoms with E-state index in [2.05, 4.69) is 0 Å². The van der Waals surface area contributed by atoms with E-state index in [4.69, 9.17) is 0 Å². The Morgan fingerprint density at radius 2 is 1.53 bits per heavy atom. The fourth-order valence-corrected chi connectivity index (χ4v) is 5.77. The number of amides is 1. The lowest BCUT2D eigenvalue weighted by molar-refractivity contribution is -0.123. The molecule has 162 valence electrons. The predicted molar refractivity (Wildman–Crippen MR) is 116 cm³/mol. The Bertz CT molecular complexity index is 1090. The summed E-state index contributed by atoms with van der Waals surface area (Å²) in [5.74, 6) is -0.408. The Hall–Kier alpha value is -2.23. The fraction of sp³-hybridized carbons (Fsp3) is 0.381. The predicted octanol–water partition coefficient (Wildman–Crippen LogP) is 2.29. The molecule has 0 bridgehead atoms. The minimum absolute atomic E-state index is 0.0426. The number of anilines is 1. The van der Waals surface area contributed by atoms with Crippen LogP contribution in [0.3, 0.4) is 0 Å². The van der Waals surface area contributed by atoms with E-state index >= 15 is 0 Å². The van der Waals surface area contributed by atoms with Crippen molar-refractivity contribution in [3.63, 3.8) is 0 Å². The second-order valence-electron chi connectivity index (χ2n) is 7.58. The Labute approximate surface area is 178 Å². The number of carbonyl (C=O) groups excluding carboxylic acids is 1. The van der Waals surface area contributed by atoms with Gasteiger partial charge in [-0.15, -0.1) is 0 Å². The van der Waals surface area contributed by atoms with Gasteiger partial charge in [-0.25, -0.2) is 21.1 Å². The maximum Gasteiger partial charge on any atom is 0.229 e. The first-order valence-corrected chi connectivity index (χ1v) is 13.2. The summed E-state index contributed by atoms with van der Waals surface area (Å²) in [7, 11) is -5.07. The monoisotopic (exact) mass is 450 g/mol. The number of rotatable bonds is 6. The van der Waals surface area contributed by atoms with Crippen LogP contribution >= 0.6 is 0 Å². The van der Waals surface area contributed by atoms with Gasteiger partial charge in [-0.3, -0.25) is 4.79 Å². The van der Waals surface area contributed by atoms with Gasteiger partial charge in [0.25, 0.3) is 0 Å². The van der Waals surface area contributed by atoms with Crippen molar-refractivity contribution in [2.24, 2.45) is 5.92 Å². The summed E-state index contributed by atoms with van der Waals surface area (Å²) in [6.45, 7) is 0.624. The van der Waals surface area contributed by atoms with Crippen molar-refractivity contribution in [2.45, 2.75) is 23.5 Å². The zero-order chi connectivity index (χ0) is 21.9. The highest BCUT2D eigenvalue weighted by Gasteiger charge is 2.32. The third kappa shape index (κ3) is 5.27. The van der Waals surface area contributed by atoms with E-state index in [9.17, 15) is 21.6 Å². The summed E-state index contributed by atoms with van der Waals surface area (Å²) in [6.07, 6.45) is 2.05. The number of benzene rings is 2. The number of piperidine rings is 1. The zero-order valence-electron chi connectivity index (χ0n) is 17.1. The first-order valence-electron chi connectivity index (χ1n) is 9.67. The standard InChI is InChI=1S/C21H26N2O5S2/c1-22(19-8-10-20(11-9-19)29(2,25)26)21(24)18-12-14-23(15-13-18)30(27,28)16-17-6-4-3-5-7-17/h3-11,18H,12-16H2,1-2H3. The summed E-state index contributed by atoms with van der Waals surface area (Å²) in [4.78, 5) is 14.6. The van der Waals surface area contributed by atoms with Gasteiger partial charge < -0.3 is 4.90 Å². The van der Waals surface area contributed by atoms with Gasteiger partial charge in [-0.05, 0) is 42.7 Å². The Kier molecular flexibility index (Phi) is 6.64. The summed E-state index contributed by atoms with van der Waals surface area (Å²) in [5.41, 5.74) is 1.35. The quantitative estimate of drug-likeness (QED) is 0.673. The second kappa shape index (κ2) is 8.87. The van der Waals surface area contributed by atoms with Crippen molar-refractivity contribution in [2.75, 3.05) is 31.3 Å². The highest BCUT2D eigenvalue weighted by atomic mass is 32.2. The Morgan fingerprint density at radius 3 is 2.07 bits per heavy atom. The molecule has 0 aromatic heterocycles. The van der Waals surface area contributed by atoms with E-state index in [1.807, 2.05) is 18.2 Å². The minimum Gasteiger partial charge on any atom is -0.315 e. The third-order valence-corrected chi connectivity index (χ3v) is 8.35. The molecule has 1 fully saturated rings. The summed E-state index contributed by atoms with van der Waals surface area (Å²) in [6, 6.07) is 15.2. The number of carbonyl (C=O) groups is 1. The first-order chi connectivity index (χ1) is 14.1. The van der Waals surface area contributed by atoms with Gasteiger partial charge in [0.1, 0.15) is 0 Å². The highest BCUT2D eigenvalue weighted by molar-refractivity contribution is 7.90. The molecule has 9 heteroatoms. The van der Waals surface area contributed by atoms with Gasteiger partial charge in [-0.1, -0.05) is 30.3 Å². The minimum atomic E-state index is -3.43. The van der Waals surface area contributed by atoms with Crippen molar-refractivity contribution in [3.8, 4) is 0 Å². The van der Waals surface area contributed by atoms with E-state index in [-0.39, 0.29) is 22.5 Å². The van der Waals surface area contributed by atoms with Gasteiger partial charge in [0.05, 0.1) is 10.6 Å². The molecule has 0 spiro atoms. The van der Waals surface area contributed by atoms with E-state index in [0.717, 1.165) is 11.8 Å². The van der Waals surface area contributed by atoms with Crippen molar-refractivity contribution in [3.05, 3.63) is 60.2 Å². The normalized spacial score (nSPS) is 16.3. The molecule has 2 aromatic carbocycles. The van der Waals surface area contributed by atoms with Gasteiger partial charge in [0.2, 0.25) is 15.9 Å². The van der Waals surface area contributed by atoms with E-state index in [1.54, 1.807) is 31.3 Å². The molecule has 1 heterocycles. The summed E-state index contributed by atoms with van der Waals surface area (Å²) >= 11 is 0. The van der Waals surface area contributed by atoms with Crippen molar-refractivity contribution < 1.29 is 21.6 Å². The third-order valence-electron chi connectivity index (χ3n) is 5.37. The molecule has 0 radical (unpaired) electrons. The van der Waals surface area contributed by atoms with Crippen LogP contribution in [0.2, 0.25) is 0 Å². The molecule has 30 heavy (non-hydrogen) atoms. The lowest BCUT2D eigenvalue weighted by Gasteiger charge is -2.32. The molecule has 0 saturated carbocycles. The van der Waals surface area contributed by atoms with Gasteiger partial charge in [-0.2, -0.15) is 0 Å². The Morgan fingerprint density at radius 1 is 0.967 bits per heavy atom. The smallest absolute Gasteiger partial charge is 0.229 e. The van der Waals surface area contributed by atoms with Gasteiger partial charge >= 0.3 is 0 Å². The number of sulfone groups is 1. The first kappa shape index (κ1) is 22.5. The molecular formula is C21H26N2O5S2. The van der Waals surface area contributed by atoms with Crippen LogP contribution in [0.1, 0.15) is 18.4 Å². The molecule has 1 aliphatic heterocycles. The summed E-state index contributed by atoms with van der Waals surface area (Å²) < 4.78 is 50.0. The molecular weight excluding hydrogens is 424 g/mol. The van der Waals surface area contributed by atoms with Crippen molar-refractivity contribution in [1.82, 2.24) is 4.31 Å². The molecule has 0 N–H and O–H groups in total. The average Bonchev–Trinajstić information content (AvgIpc) is 2.72. The van der Waals surface area contributed by atoms with Crippen LogP contribution in [0.4, 0.5) is 5.69 Å². The van der Waals surface area contributed by atoms with Crippen molar-refractivity contribution in [1.29, 1.82) is 0 Å². The number of sulfonamides is 1. The molecule has 0 atom stereocenters. The maximum absolute atomic E-state index is 12.9. The molecule has 3 rings (SSSR count). The van der Waals surface area contributed by atoms with Crippen LogP contribution in [0.5, 0.6) is 0 Å². The van der Waals surface area contributed by atoms with Gasteiger partial charge in [0.15, 0.2) is 9.84 Å². The molecule has 0 unspecified atom stereocenters. The fourth-order valence-electron chi connectivity index (χ4n) is 3.58. The zero-order valence-corrected chi connectivity index (χ0v) is 18.7. The van der Waals surface area contributed by atoms with E-state index in [1.165, 1.54) is 21.3 Å². The molecule has 7 nitrogen and oxygen atoms in total. The van der Waals surface area contributed by atoms with Gasteiger partial charge in [0, 0.05) is 38.0 Å². The largest absolute Gasteiger partial charge is 0.315 e. The topological polar surface area (TPSA) is 91.8 Å². The number of nitrogens with zero attached hydrogens (tertiary/aromatic N) is 2. The maximum atomic E-state index is 12.9. The molecule has 2 aromatic rings. The molecule has 1 aliphatic rings. The van der Waals surface area contributed by atoms with Crippen LogP contribution in [0.25, 0.3) is 0 Å². The lowest BCUT2D eigenvalue weighted by Crippen LogP contribution is -2.43. The van der Waals surface area contributed by atoms with Crippen LogP contribution in [-0.4, -0.2) is 53.4 Å². The Balaban J connectivity index is 1.60. The van der Waals surface area contributed by atoms with Crippen LogP contribution in [0.15, 0.2) is 59.5 Å². The highest BCUT2D eigenvalue weighted by Crippen LogP contribution is 2.25. The van der Waals surface area contributed by atoms with Crippen LogP contribution in [0, 0.1) is 5.92 Å². The number of hydrogen-bond acceptors (Lipinski definition) is 5. The number of hydrogen-bond donors (Lipinski definition) is 0. The lowest BCUT2D eigenvalue weighted by atomic mass is 9.96. The van der Waals surface area contributed by atoms with Crippen LogP contribution in [-0.2, 0) is 30.4 Å². The SMILES string of the molecule is CN(C(=O)C1CCN(S(=O)(=O)Cc2ccccc2)CC1)c1ccc(S(C)(=O)=O)cc1. The molecule has 0 aliphatic carbocycles. The van der Waals surface area contributed by atoms with Crippen LogP contribution < -0.4 is 4.90 Å². The average molecular weight is 451 g/mol.